The van der Waals surface area contributed by atoms with E-state index in [0.29, 0.717) is 39.7 Å². The Balaban J connectivity index is 0.000000568. The van der Waals surface area contributed by atoms with Gasteiger partial charge in [-0.05, 0) is 55.7 Å². The van der Waals surface area contributed by atoms with Gasteiger partial charge in [0, 0.05) is 49.9 Å². The Bertz CT molecular complexity index is 1690. The van der Waals surface area contributed by atoms with Gasteiger partial charge in [0.2, 0.25) is 0 Å². The number of hydrogen-bond donors (Lipinski definition) is 0. The van der Waals surface area contributed by atoms with E-state index < -0.39 is 17.6 Å². The van der Waals surface area contributed by atoms with E-state index in [-0.39, 0.29) is 35.4 Å². The van der Waals surface area contributed by atoms with E-state index in [9.17, 15) is 22.4 Å². The second kappa shape index (κ2) is 14.9. The summed E-state index contributed by atoms with van der Waals surface area (Å²) in [5.41, 5.74) is 0.674. The van der Waals surface area contributed by atoms with Gasteiger partial charge in [-0.2, -0.15) is 13.2 Å². The highest BCUT2D eigenvalue weighted by molar-refractivity contribution is 7.22. The van der Waals surface area contributed by atoms with Gasteiger partial charge in [0.25, 0.3) is 0 Å². The number of anilines is 1. The smallest absolute Gasteiger partial charge is 0.388 e. The molecule has 2 aromatic heterocycles. The zero-order valence-corrected chi connectivity index (χ0v) is 27.1. The molecule has 7 rings (SSSR count). The number of fused-ring (bicyclic) bond motifs is 2. The molecule has 0 radical (unpaired) electrons. The first-order valence-electron chi connectivity index (χ1n) is 15.3. The first kappa shape index (κ1) is 34.5. The van der Waals surface area contributed by atoms with Crippen LogP contribution in [0.4, 0.5) is 22.7 Å². The molecule has 3 fully saturated rings. The van der Waals surface area contributed by atoms with E-state index in [2.05, 4.69) is 32.9 Å². The second-order valence-corrected chi connectivity index (χ2v) is 12.9. The van der Waals surface area contributed by atoms with Gasteiger partial charge in [0.1, 0.15) is 23.3 Å². The van der Waals surface area contributed by atoms with Crippen LogP contribution in [0.5, 0.6) is 0 Å². The number of carbonyl (C=O) groups excluding carboxylic acids is 1. The molecule has 47 heavy (non-hydrogen) atoms. The minimum Gasteiger partial charge on any atom is -0.388 e. The SMILES string of the molecule is C=CC=C.COC.O=Cc1cc(F)c2nc(N3CC4CC(OCc5c(-c6ccccc6C(F)(F)F)noc5C5CC5)C[C@H]4C3)sc2c1. The second-order valence-electron chi connectivity index (χ2n) is 11.9. The minimum atomic E-state index is -4.51. The molecule has 3 aliphatic rings. The van der Waals surface area contributed by atoms with E-state index in [1.54, 1.807) is 38.5 Å². The fraction of sp³-hybridized carbons (Fsp3) is 0.400. The molecule has 3 atom stereocenters. The number of nitrogens with zero attached hydrogens (tertiary/aromatic N) is 3. The molecule has 1 saturated heterocycles. The highest BCUT2D eigenvalue weighted by Crippen LogP contribution is 2.47. The number of aromatic nitrogens is 2. The van der Waals surface area contributed by atoms with E-state index in [4.69, 9.17) is 9.26 Å². The summed E-state index contributed by atoms with van der Waals surface area (Å²) in [6.45, 7) is 8.43. The van der Waals surface area contributed by atoms with Crippen LogP contribution in [0.2, 0.25) is 0 Å². The molecule has 250 valence electrons. The first-order chi connectivity index (χ1) is 22.6. The van der Waals surface area contributed by atoms with Crippen LogP contribution in [0.15, 0.2) is 66.2 Å². The van der Waals surface area contributed by atoms with Crippen LogP contribution in [0, 0.1) is 17.7 Å². The molecule has 2 unspecified atom stereocenters. The number of benzene rings is 2. The van der Waals surface area contributed by atoms with E-state index in [1.165, 1.54) is 29.5 Å². The van der Waals surface area contributed by atoms with Crippen LogP contribution in [0.1, 0.15) is 58.8 Å². The largest absolute Gasteiger partial charge is 0.417 e. The molecular formula is C35H37F4N3O4S. The number of aldehydes is 1. The van der Waals surface area contributed by atoms with Gasteiger partial charge in [-0.3, -0.25) is 4.79 Å². The molecule has 1 aliphatic heterocycles. The van der Waals surface area contributed by atoms with E-state index >= 15 is 0 Å². The average Bonchev–Trinajstić information content (AvgIpc) is 3.34. The Kier molecular flexibility index (Phi) is 10.9. The quantitative estimate of drug-likeness (QED) is 0.105. The van der Waals surface area contributed by atoms with E-state index in [1.807, 2.05) is 0 Å². The maximum atomic E-state index is 14.4. The van der Waals surface area contributed by atoms with Gasteiger partial charge in [-0.15, -0.1) is 0 Å². The summed E-state index contributed by atoms with van der Waals surface area (Å²) in [6, 6.07) is 8.31. The zero-order chi connectivity index (χ0) is 33.7. The average molecular weight is 672 g/mol. The number of alkyl halides is 3. The lowest BCUT2D eigenvalue weighted by Crippen LogP contribution is -2.23. The van der Waals surface area contributed by atoms with Crippen molar-refractivity contribution < 1.29 is 36.4 Å². The summed E-state index contributed by atoms with van der Waals surface area (Å²) >= 11 is 1.39. The molecule has 12 heteroatoms. The van der Waals surface area contributed by atoms with Gasteiger partial charge in [0.15, 0.2) is 10.9 Å². The van der Waals surface area contributed by atoms with Crippen molar-refractivity contribution in [3.63, 3.8) is 0 Å². The number of thiazole rings is 1. The normalized spacial score (nSPS) is 20.2. The number of ether oxygens (including phenoxy) is 2. The van der Waals surface area contributed by atoms with Crippen molar-refractivity contribution in [3.8, 4) is 11.3 Å². The number of carbonyl (C=O) groups is 1. The Morgan fingerprint density at radius 2 is 1.74 bits per heavy atom. The standard InChI is InChI=1S/C29H25F4N3O3S.C4H6.C2H6O/c30-23-7-15(13-37)8-24-26(23)34-28(40-24)36-11-17-9-19(10-18(17)12-36)38-14-21-25(35-39-27(21)16-5-6-16)20-3-1-2-4-22(20)29(31,32)33;1-3-4-2;1-3-2/h1-4,7-8,13,16-19H,5-6,9-12,14H2;3-4H,1-2H2;1-2H3/t17-,18?,19?;;/m0../s1. The fourth-order valence-electron chi connectivity index (χ4n) is 6.21. The molecule has 2 saturated carbocycles. The summed E-state index contributed by atoms with van der Waals surface area (Å²) in [5, 5.41) is 4.83. The molecule has 0 amide bonds. The predicted molar refractivity (Wildman–Crippen MR) is 174 cm³/mol. The van der Waals surface area contributed by atoms with Gasteiger partial charge in [0.05, 0.1) is 23.0 Å². The lowest BCUT2D eigenvalue weighted by Gasteiger charge is -2.19. The third-order valence-corrected chi connectivity index (χ3v) is 9.52. The Labute approximate surface area is 274 Å². The third kappa shape index (κ3) is 7.82. The molecule has 3 heterocycles. The maximum absolute atomic E-state index is 14.4. The molecule has 0 bridgehead atoms. The van der Waals surface area contributed by atoms with Gasteiger partial charge in [-0.25, -0.2) is 9.37 Å². The van der Waals surface area contributed by atoms with Gasteiger partial charge < -0.3 is 18.9 Å². The van der Waals surface area contributed by atoms with Crippen molar-refractivity contribution in [2.75, 3.05) is 32.2 Å². The predicted octanol–water partition coefficient (Wildman–Crippen LogP) is 8.85. The highest BCUT2D eigenvalue weighted by atomic mass is 32.1. The van der Waals surface area contributed by atoms with Crippen LogP contribution >= 0.6 is 11.3 Å². The van der Waals surface area contributed by atoms with Gasteiger partial charge in [-0.1, -0.05) is 60.0 Å². The summed E-state index contributed by atoms with van der Waals surface area (Å²) in [7, 11) is 3.25. The van der Waals surface area contributed by atoms with Crippen molar-refractivity contribution in [3.05, 3.63) is 90.0 Å². The first-order valence-corrected chi connectivity index (χ1v) is 16.1. The topological polar surface area (TPSA) is 77.7 Å². The van der Waals surface area contributed by atoms with Crippen molar-refractivity contribution in [2.24, 2.45) is 11.8 Å². The van der Waals surface area contributed by atoms with Crippen LogP contribution < -0.4 is 4.90 Å². The molecule has 2 aromatic carbocycles. The van der Waals surface area contributed by atoms with Crippen LogP contribution in [0.25, 0.3) is 21.5 Å². The molecule has 0 N–H and O–H groups in total. The fourth-order valence-corrected chi connectivity index (χ4v) is 7.26. The Hall–Kier alpha value is -3.87. The third-order valence-electron chi connectivity index (χ3n) is 8.46. The maximum Gasteiger partial charge on any atom is 0.417 e. The van der Waals surface area contributed by atoms with E-state index in [0.717, 1.165) is 50.0 Å². The number of rotatable bonds is 8. The zero-order valence-electron chi connectivity index (χ0n) is 26.3. The van der Waals surface area contributed by atoms with Crippen LogP contribution in [-0.4, -0.2) is 49.8 Å². The molecule has 4 aromatic rings. The number of allylic oxidation sites excluding steroid dienone is 2. The Morgan fingerprint density at radius 1 is 1.09 bits per heavy atom. The molecule has 2 aliphatic carbocycles. The van der Waals surface area contributed by atoms with Gasteiger partial charge >= 0.3 is 6.18 Å². The van der Waals surface area contributed by atoms with Crippen molar-refractivity contribution in [2.45, 2.75) is 50.5 Å². The lowest BCUT2D eigenvalue weighted by molar-refractivity contribution is -0.137. The summed E-state index contributed by atoms with van der Waals surface area (Å²) in [5.74, 6) is 1.07. The number of halogens is 4. The van der Waals surface area contributed by atoms with Crippen molar-refractivity contribution in [1.82, 2.24) is 10.1 Å². The van der Waals surface area contributed by atoms with Crippen LogP contribution in [-0.2, 0) is 22.3 Å². The summed E-state index contributed by atoms with van der Waals surface area (Å²) < 4.78 is 72.4. The molecular weight excluding hydrogens is 634 g/mol. The van der Waals surface area contributed by atoms with Crippen molar-refractivity contribution in [1.29, 1.82) is 0 Å². The summed E-state index contributed by atoms with van der Waals surface area (Å²) in [6.07, 6.45) is 2.90. The Morgan fingerprint density at radius 3 is 2.34 bits per heavy atom. The number of methoxy groups -OCH3 is 1. The lowest BCUT2D eigenvalue weighted by atomic mass is 9.99. The monoisotopic (exact) mass is 671 g/mol. The molecule has 0 spiro atoms. The minimum absolute atomic E-state index is 0.00992. The van der Waals surface area contributed by atoms with Crippen molar-refractivity contribution >= 4 is 33.0 Å². The summed E-state index contributed by atoms with van der Waals surface area (Å²) in [4.78, 5) is 17.8. The van der Waals surface area contributed by atoms with Crippen LogP contribution in [0.3, 0.4) is 0 Å². The molecule has 7 nitrogen and oxygen atoms in total. The number of hydrogen-bond acceptors (Lipinski definition) is 8. The highest BCUT2D eigenvalue weighted by Gasteiger charge is 2.43.